The molecule has 0 bridgehead atoms. The van der Waals surface area contributed by atoms with Crippen molar-refractivity contribution in [3.63, 3.8) is 0 Å². The van der Waals surface area contributed by atoms with Gasteiger partial charge in [-0.25, -0.2) is 0 Å². The molecule has 150 valence electrons. The monoisotopic (exact) mass is 398 g/mol. The molecule has 3 N–H and O–H groups in total. The number of ether oxygens (including phenoxy) is 1. The minimum absolute atomic E-state index is 0.185. The number of piperidine rings is 1. The van der Waals surface area contributed by atoms with Crippen molar-refractivity contribution in [1.82, 2.24) is 5.32 Å². The SMILES string of the molecule is C=C(/C=C\C=C/C)Oc1ccc(SC2(C(N)=O)CCC3(CCNCC3)C2)cc1. The van der Waals surface area contributed by atoms with Crippen LogP contribution in [0.4, 0.5) is 0 Å². The Morgan fingerprint density at radius 2 is 1.89 bits per heavy atom. The normalized spacial score (nSPS) is 24.2. The maximum Gasteiger partial charge on any atom is 0.234 e. The molecule has 2 fully saturated rings. The molecule has 1 amide bonds. The molecule has 1 atom stereocenters. The van der Waals surface area contributed by atoms with Crippen LogP contribution in [0.2, 0.25) is 0 Å². The molecule has 1 saturated carbocycles. The highest BCUT2D eigenvalue weighted by atomic mass is 32.2. The molecule has 5 heteroatoms. The largest absolute Gasteiger partial charge is 0.458 e. The number of nitrogens with two attached hydrogens (primary N) is 1. The van der Waals surface area contributed by atoms with Crippen molar-refractivity contribution in [3.8, 4) is 5.75 Å². The van der Waals surface area contributed by atoms with Crippen molar-refractivity contribution in [2.45, 2.75) is 48.7 Å². The third kappa shape index (κ3) is 4.89. The van der Waals surface area contributed by atoms with Crippen LogP contribution in [-0.4, -0.2) is 23.7 Å². The molecule has 1 saturated heterocycles. The number of rotatable bonds is 7. The predicted octanol–water partition coefficient (Wildman–Crippen LogP) is 4.58. The highest BCUT2D eigenvalue weighted by Crippen LogP contribution is 2.56. The van der Waals surface area contributed by atoms with Crippen molar-refractivity contribution in [2.24, 2.45) is 11.1 Å². The van der Waals surface area contributed by atoms with E-state index >= 15 is 0 Å². The van der Waals surface area contributed by atoms with Gasteiger partial charge in [0, 0.05) is 4.90 Å². The third-order valence-corrected chi connectivity index (χ3v) is 7.25. The van der Waals surface area contributed by atoms with Crippen molar-refractivity contribution in [2.75, 3.05) is 13.1 Å². The quantitative estimate of drug-likeness (QED) is 0.521. The Balaban J connectivity index is 1.66. The van der Waals surface area contributed by atoms with Crippen molar-refractivity contribution < 1.29 is 9.53 Å². The maximum atomic E-state index is 12.4. The van der Waals surface area contributed by atoms with E-state index in [1.54, 1.807) is 11.8 Å². The lowest BCUT2D eigenvalue weighted by molar-refractivity contribution is -0.120. The maximum absolute atomic E-state index is 12.4. The van der Waals surface area contributed by atoms with Crippen LogP contribution in [0.25, 0.3) is 0 Å². The minimum Gasteiger partial charge on any atom is -0.458 e. The van der Waals surface area contributed by atoms with Gasteiger partial charge < -0.3 is 15.8 Å². The van der Waals surface area contributed by atoms with Gasteiger partial charge in [0.05, 0.1) is 4.75 Å². The zero-order valence-corrected chi connectivity index (χ0v) is 17.4. The van der Waals surface area contributed by atoms with E-state index in [0.29, 0.717) is 5.76 Å². The first kappa shape index (κ1) is 20.7. The van der Waals surface area contributed by atoms with Crippen LogP contribution in [0.5, 0.6) is 5.75 Å². The summed E-state index contributed by atoms with van der Waals surface area (Å²) >= 11 is 1.62. The second kappa shape index (κ2) is 9.01. The van der Waals surface area contributed by atoms with Gasteiger partial charge in [0.25, 0.3) is 0 Å². The van der Waals surface area contributed by atoms with Gasteiger partial charge in [0.1, 0.15) is 11.5 Å². The lowest BCUT2D eigenvalue weighted by Crippen LogP contribution is -2.42. The Hall–Kier alpha value is -1.98. The van der Waals surface area contributed by atoms with Crippen LogP contribution in [0.3, 0.4) is 0 Å². The number of carbonyl (C=O) groups excluding carboxylic acids is 1. The van der Waals surface area contributed by atoms with E-state index in [1.165, 1.54) is 0 Å². The highest BCUT2D eigenvalue weighted by molar-refractivity contribution is 8.01. The van der Waals surface area contributed by atoms with E-state index in [-0.39, 0.29) is 11.3 Å². The number of hydrogen-bond donors (Lipinski definition) is 2. The van der Waals surface area contributed by atoms with Crippen molar-refractivity contribution in [3.05, 3.63) is 60.9 Å². The summed E-state index contributed by atoms with van der Waals surface area (Å²) < 4.78 is 5.22. The summed E-state index contributed by atoms with van der Waals surface area (Å²) in [6.45, 7) is 7.93. The first-order valence-corrected chi connectivity index (χ1v) is 10.7. The molecule has 1 aromatic carbocycles. The van der Waals surface area contributed by atoms with E-state index in [1.807, 2.05) is 55.5 Å². The van der Waals surface area contributed by atoms with Crippen LogP contribution >= 0.6 is 11.8 Å². The Morgan fingerprint density at radius 3 is 2.54 bits per heavy atom. The number of benzene rings is 1. The zero-order chi connectivity index (χ0) is 20.0. The average Bonchev–Trinajstić information content (AvgIpc) is 3.03. The summed E-state index contributed by atoms with van der Waals surface area (Å²) in [6.07, 6.45) is 12.7. The van der Waals surface area contributed by atoms with E-state index in [0.717, 1.165) is 55.8 Å². The van der Waals surface area contributed by atoms with Crippen LogP contribution in [0.15, 0.2) is 65.8 Å². The number of thioether (sulfide) groups is 1. The smallest absolute Gasteiger partial charge is 0.234 e. The number of primary amides is 1. The number of allylic oxidation sites excluding steroid dienone is 4. The molecule has 4 nitrogen and oxygen atoms in total. The standard InChI is InChI=1S/C23H30N2O2S/c1-3-4-5-6-18(2)27-19-7-9-20(10-8-19)28-23(21(24)26)12-11-22(17-23)13-15-25-16-14-22/h3-10,25H,2,11-17H2,1H3,(H2,24,26)/b4-3-,6-5-. The summed E-state index contributed by atoms with van der Waals surface area (Å²) in [5.41, 5.74) is 6.17. The summed E-state index contributed by atoms with van der Waals surface area (Å²) in [4.78, 5) is 13.5. The van der Waals surface area contributed by atoms with E-state index < -0.39 is 4.75 Å². The molecule has 1 aliphatic heterocycles. The summed E-state index contributed by atoms with van der Waals surface area (Å²) in [7, 11) is 0. The molecule has 3 rings (SSSR count). The predicted molar refractivity (Wildman–Crippen MR) is 116 cm³/mol. The molecule has 1 aromatic rings. The Morgan fingerprint density at radius 1 is 1.18 bits per heavy atom. The summed E-state index contributed by atoms with van der Waals surface area (Å²) in [6, 6.07) is 7.84. The summed E-state index contributed by atoms with van der Waals surface area (Å²) in [5, 5.41) is 3.43. The van der Waals surface area contributed by atoms with Crippen LogP contribution < -0.4 is 15.8 Å². The fourth-order valence-electron chi connectivity index (χ4n) is 4.24. The Bertz CT molecular complexity index is 763. The van der Waals surface area contributed by atoms with E-state index in [9.17, 15) is 4.79 Å². The van der Waals surface area contributed by atoms with Crippen LogP contribution in [0, 0.1) is 5.41 Å². The lowest BCUT2D eigenvalue weighted by atomic mass is 9.77. The van der Waals surface area contributed by atoms with Gasteiger partial charge in [-0.3, -0.25) is 4.79 Å². The van der Waals surface area contributed by atoms with Crippen LogP contribution in [-0.2, 0) is 4.79 Å². The summed E-state index contributed by atoms with van der Waals surface area (Å²) in [5.74, 6) is 1.13. The Labute approximate surface area is 172 Å². The molecule has 0 radical (unpaired) electrons. The van der Waals surface area contributed by atoms with Gasteiger partial charge >= 0.3 is 0 Å². The molecule has 1 aliphatic carbocycles. The second-order valence-electron chi connectivity index (χ2n) is 7.81. The molecular formula is C23H30N2O2S. The molecule has 1 heterocycles. The van der Waals surface area contributed by atoms with Crippen LogP contribution in [0.1, 0.15) is 39.0 Å². The van der Waals surface area contributed by atoms with Gasteiger partial charge in [-0.2, -0.15) is 0 Å². The highest BCUT2D eigenvalue weighted by Gasteiger charge is 2.52. The first-order chi connectivity index (χ1) is 13.5. The van der Waals surface area contributed by atoms with Crippen molar-refractivity contribution >= 4 is 17.7 Å². The van der Waals surface area contributed by atoms with Gasteiger partial charge in [0.15, 0.2) is 0 Å². The first-order valence-electron chi connectivity index (χ1n) is 9.93. The van der Waals surface area contributed by atoms with Crippen molar-refractivity contribution in [1.29, 1.82) is 0 Å². The fourth-order valence-corrected chi connectivity index (χ4v) is 5.65. The van der Waals surface area contributed by atoms with E-state index in [2.05, 4.69) is 11.9 Å². The van der Waals surface area contributed by atoms with Gasteiger partial charge in [-0.1, -0.05) is 24.8 Å². The number of hydrogen-bond acceptors (Lipinski definition) is 4. The number of nitrogens with one attached hydrogen (secondary N) is 1. The number of amides is 1. The average molecular weight is 399 g/mol. The molecule has 28 heavy (non-hydrogen) atoms. The van der Waals surface area contributed by atoms with Gasteiger partial charge in [-0.15, -0.1) is 11.8 Å². The molecule has 2 aliphatic rings. The second-order valence-corrected chi connectivity index (χ2v) is 9.27. The molecule has 1 spiro atoms. The van der Waals surface area contributed by atoms with Gasteiger partial charge in [-0.05, 0) is 87.9 Å². The molecular weight excluding hydrogens is 368 g/mol. The van der Waals surface area contributed by atoms with E-state index in [4.69, 9.17) is 10.5 Å². The zero-order valence-electron chi connectivity index (χ0n) is 16.6. The van der Waals surface area contributed by atoms with Gasteiger partial charge in [0.2, 0.25) is 5.91 Å². The minimum atomic E-state index is -0.501. The third-order valence-electron chi connectivity index (χ3n) is 5.80. The number of carbonyl (C=O) groups is 1. The lowest BCUT2D eigenvalue weighted by Gasteiger charge is -2.35. The molecule has 1 unspecified atom stereocenters. The Kier molecular flexibility index (Phi) is 6.68. The molecule has 0 aromatic heterocycles. The fraction of sp³-hybridized carbons (Fsp3) is 0.435. The topological polar surface area (TPSA) is 64.3 Å².